The Kier molecular flexibility index (Phi) is 6.25. The van der Waals surface area contributed by atoms with Gasteiger partial charge in [-0.15, -0.1) is 0 Å². The average Bonchev–Trinajstić information content (AvgIpc) is 2.76. The molecule has 0 amide bonds. The zero-order chi connectivity index (χ0) is 16.9. The summed E-state index contributed by atoms with van der Waals surface area (Å²) in [4.78, 5) is 10.6. The molecular weight excluding hydrogens is 332 g/mol. The second-order valence-electron chi connectivity index (χ2n) is 3.89. The van der Waals surface area contributed by atoms with Crippen molar-refractivity contribution >= 4 is 32.9 Å². The third kappa shape index (κ3) is 3.53. The SMILES string of the molecule is CC.COc1cc2c(cc1OC)S(=O)(=O)C(COC(=O)Cl)=C2. The average molecular weight is 349 g/mol. The number of fused-ring (bicyclic) bond motifs is 1. The summed E-state index contributed by atoms with van der Waals surface area (Å²) in [5.41, 5.74) is -0.615. The van der Waals surface area contributed by atoms with Gasteiger partial charge in [-0.1, -0.05) is 13.8 Å². The van der Waals surface area contributed by atoms with Gasteiger partial charge in [0.2, 0.25) is 9.84 Å². The van der Waals surface area contributed by atoms with Crippen LogP contribution in [0.1, 0.15) is 19.4 Å². The smallest absolute Gasteiger partial charge is 0.404 e. The predicted molar refractivity (Wildman–Crippen MR) is 83.3 cm³/mol. The molecule has 1 aliphatic heterocycles. The Balaban J connectivity index is 0.00000116. The number of hydrogen-bond acceptors (Lipinski definition) is 6. The van der Waals surface area contributed by atoms with Crippen LogP contribution in [0.2, 0.25) is 0 Å². The molecule has 0 fully saturated rings. The van der Waals surface area contributed by atoms with Crippen molar-refractivity contribution in [2.45, 2.75) is 18.7 Å². The molecule has 2 rings (SSSR count). The molecule has 1 aromatic rings. The van der Waals surface area contributed by atoms with Gasteiger partial charge in [-0.05, 0) is 17.7 Å². The van der Waals surface area contributed by atoms with E-state index in [1.807, 2.05) is 13.8 Å². The van der Waals surface area contributed by atoms with Crippen molar-refractivity contribution < 1.29 is 27.4 Å². The fourth-order valence-electron chi connectivity index (χ4n) is 1.86. The zero-order valence-electron chi connectivity index (χ0n) is 12.7. The lowest BCUT2D eigenvalue weighted by Crippen LogP contribution is -2.08. The summed E-state index contributed by atoms with van der Waals surface area (Å²) >= 11 is 5.03. The minimum atomic E-state index is -3.71. The minimum Gasteiger partial charge on any atom is -0.493 e. The zero-order valence-corrected chi connectivity index (χ0v) is 14.2. The summed E-state index contributed by atoms with van der Waals surface area (Å²) in [6.07, 6.45) is 1.41. The lowest BCUT2D eigenvalue weighted by atomic mass is 10.2. The first-order valence-electron chi connectivity index (χ1n) is 6.44. The molecular formula is C14H17ClO6S. The molecule has 0 saturated carbocycles. The second kappa shape index (κ2) is 7.51. The van der Waals surface area contributed by atoms with Crippen molar-refractivity contribution in [3.8, 4) is 11.5 Å². The summed E-state index contributed by atoms with van der Waals surface area (Å²) < 4.78 is 39.2. The molecule has 1 aliphatic rings. The number of sulfone groups is 1. The van der Waals surface area contributed by atoms with Crippen molar-refractivity contribution in [3.63, 3.8) is 0 Å². The first-order chi connectivity index (χ1) is 10.4. The molecule has 0 radical (unpaired) electrons. The van der Waals surface area contributed by atoms with Gasteiger partial charge in [0.05, 0.1) is 24.0 Å². The molecule has 0 aromatic heterocycles. The van der Waals surface area contributed by atoms with Gasteiger partial charge in [-0.3, -0.25) is 0 Å². The number of ether oxygens (including phenoxy) is 3. The first kappa shape index (κ1) is 18.3. The topological polar surface area (TPSA) is 78.9 Å². The van der Waals surface area contributed by atoms with Crippen molar-refractivity contribution in [3.05, 3.63) is 22.6 Å². The Morgan fingerprint density at radius 1 is 1.14 bits per heavy atom. The highest BCUT2D eigenvalue weighted by Crippen LogP contribution is 2.40. The van der Waals surface area contributed by atoms with Gasteiger partial charge in [0.1, 0.15) is 6.61 Å². The number of hydrogen-bond donors (Lipinski definition) is 0. The van der Waals surface area contributed by atoms with Gasteiger partial charge in [-0.25, -0.2) is 13.2 Å². The summed E-state index contributed by atoms with van der Waals surface area (Å²) in [6.45, 7) is 3.59. The molecule has 0 atom stereocenters. The number of carbonyl (C=O) groups is 1. The fraction of sp³-hybridized carbons (Fsp3) is 0.357. The lowest BCUT2D eigenvalue weighted by molar-refractivity contribution is 0.185. The van der Waals surface area contributed by atoms with Gasteiger partial charge in [0.25, 0.3) is 0 Å². The number of carbonyl (C=O) groups excluding carboxylic acids is 1. The van der Waals surface area contributed by atoms with Gasteiger partial charge in [-0.2, -0.15) is 0 Å². The Morgan fingerprint density at radius 2 is 1.68 bits per heavy atom. The van der Waals surface area contributed by atoms with Crippen molar-refractivity contribution in [1.29, 1.82) is 0 Å². The molecule has 6 nitrogen and oxygen atoms in total. The van der Waals surface area contributed by atoms with E-state index in [9.17, 15) is 13.2 Å². The predicted octanol–water partition coefficient (Wildman–Crippen LogP) is 3.23. The first-order valence-corrected chi connectivity index (χ1v) is 8.30. The van der Waals surface area contributed by atoms with Crippen molar-refractivity contribution in [1.82, 2.24) is 0 Å². The Morgan fingerprint density at radius 3 is 2.18 bits per heavy atom. The van der Waals surface area contributed by atoms with Crippen LogP contribution in [0.4, 0.5) is 4.79 Å². The molecule has 8 heteroatoms. The minimum absolute atomic E-state index is 0.0446. The van der Waals surface area contributed by atoms with Crippen LogP contribution in [-0.2, 0) is 14.6 Å². The second-order valence-corrected chi connectivity index (χ2v) is 6.17. The molecule has 1 aromatic carbocycles. The van der Waals surface area contributed by atoms with E-state index in [1.165, 1.54) is 26.4 Å². The van der Waals surface area contributed by atoms with Crippen LogP contribution >= 0.6 is 11.6 Å². The summed E-state index contributed by atoms with van der Waals surface area (Å²) in [5, 5.41) is 0. The highest BCUT2D eigenvalue weighted by molar-refractivity contribution is 7.95. The Hall–Kier alpha value is -1.73. The van der Waals surface area contributed by atoms with E-state index in [4.69, 9.17) is 21.1 Å². The highest BCUT2D eigenvalue weighted by atomic mass is 35.5. The van der Waals surface area contributed by atoms with Gasteiger partial charge >= 0.3 is 5.43 Å². The largest absolute Gasteiger partial charge is 0.493 e. The molecule has 1 heterocycles. The standard InChI is InChI=1S/C12H11ClO6S.C2H6/c1-17-9-4-7-3-8(6-19-12(13)14)20(15,16)11(7)5-10(9)18-2;1-2/h3-5H,6H2,1-2H3;1-2H3. The van der Waals surface area contributed by atoms with Crippen molar-refractivity contribution in [2.24, 2.45) is 0 Å². The molecule has 22 heavy (non-hydrogen) atoms. The molecule has 0 unspecified atom stereocenters. The van der Waals surface area contributed by atoms with E-state index in [2.05, 4.69) is 4.74 Å². The molecule has 0 saturated heterocycles. The third-order valence-corrected chi connectivity index (χ3v) is 4.76. The Bertz CT molecular complexity index is 694. The van der Waals surface area contributed by atoms with Crippen LogP contribution in [0.25, 0.3) is 6.08 Å². The maximum absolute atomic E-state index is 12.3. The molecule has 0 aliphatic carbocycles. The summed E-state index contributed by atoms with van der Waals surface area (Å²) in [6, 6.07) is 2.91. The van der Waals surface area contributed by atoms with Crippen LogP contribution in [0, 0.1) is 0 Å². The van der Waals surface area contributed by atoms with Gasteiger partial charge in [0, 0.05) is 17.7 Å². The summed E-state index contributed by atoms with van der Waals surface area (Å²) in [5.74, 6) is 0.715. The maximum Gasteiger partial charge on any atom is 0.404 e. The highest BCUT2D eigenvalue weighted by Gasteiger charge is 2.32. The Labute approximate surface area is 134 Å². The molecule has 0 N–H and O–H groups in total. The third-order valence-electron chi connectivity index (χ3n) is 2.80. The van der Waals surface area contributed by atoms with Crippen LogP contribution in [0.3, 0.4) is 0 Å². The van der Waals surface area contributed by atoms with E-state index in [1.54, 1.807) is 6.07 Å². The van der Waals surface area contributed by atoms with E-state index in [0.29, 0.717) is 17.1 Å². The van der Waals surface area contributed by atoms with E-state index in [-0.39, 0.29) is 9.80 Å². The van der Waals surface area contributed by atoms with Crippen LogP contribution in [0.15, 0.2) is 21.9 Å². The number of benzene rings is 1. The fourth-order valence-corrected chi connectivity index (χ4v) is 3.38. The van der Waals surface area contributed by atoms with Crippen LogP contribution in [-0.4, -0.2) is 34.7 Å². The lowest BCUT2D eigenvalue weighted by Gasteiger charge is -2.09. The summed E-state index contributed by atoms with van der Waals surface area (Å²) in [7, 11) is -0.846. The van der Waals surface area contributed by atoms with E-state index in [0.717, 1.165) is 0 Å². The quantitative estimate of drug-likeness (QED) is 0.777. The van der Waals surface area contributed by atoms with Crippen LogP contribution in [0.5, 0.6) is 11.5 Å². The number of rotatable bonds is 4. The van der Waals surface area contributed by atoms with Gasteiger partial charge in [0.15, 0.2) is 11.5 Å². The molecule has 0 spiro atoms. The molecule has 122 valence electrons. The number of methoxy groups -OCH3 is 2. The van der Waals surface area contributed by atoms with Crippen molar-refractivity contribution in [2.75, 3.05) is 20.8 Å². The van der Waals surface area contributed by atoms with Crippen LogP contribution < -0.4 is 9.47 Å². The monoisotopic (exact) mass is 348 g/mol. The van der Waals surface area contributed by atoms with E-state index >= 15 is 0 Å². The normalized spacial score (nSPS) is 14.1. The van der Waals surface area contributed by atoms with Gasteiger partial charge < -0.3 is 14.2 Å². The number of halogens is 1. The molecule has 0 bridgehead atoms. The van der Waals surface area contributed by atoms with E-state index < -0.39 is 21.9 Å². The maximum atomic E-state index is 12.3.